The fourth-order valence-electron chi connectivity index (χ4n) is 8.80. The molecule has 0 aliphatic heterocycles. The molecule has 0 aromatic carbocycles. The molecule has 8 atom stereocenters. The van der Waals surface area contributed by atoms with Gasteiger partial charge in [-0.1, -0.05) is 65.5 Å². The zero-order chi connectivity index (χ0) is 20.8. The Morgan fingerprint density at radius 3 is 2.55 bits per heavy atom. The highest BCUT2D eigenvalue weighted by Crippen LogP contribution is 2.67. The van der Waals surface area contributed by atoms with Gasteiger partial charge in [-0.2, -0.15) is 5.26 Å². The van der Waals surface area contributed by atoms with Crippen LogP contribution >= 0.6 is 0 Å². The number of hydrogen-bond donors (Lipinski definition) is 0. The first kappa shape index (κ1) is 21.5. The number of rotatable bonds is 5. The lowest BCUT2D eigenvalue weighted by Crippen LogP contribution is -2.50. The summed E-state index contributed by atoms with van der Waals surface area (Å²) in [6.07, 6.45) is 17.5. The Balaban J connectivity index is 1.49. The summed E-state index contributed by atoms with van der Waals surface area (Å²) in [6.45, 7) is 12.6. The van der Waals surface area contributed by atoms with Crippen molar-refractivity contribution in [2.75, 3.05) is 0 Å². The Labute approximate surface area is 180 Å². The van der Waals surface area contributed by atoms with Crippen molar-refractivity contribution in [2.24, 2.45) is 52.3 Å². The zero-order valence-electron chi connectivity index (χ0n) is 19.8. The van der Waals surface area contributed by atoms with E-state index >= 15 is 0 Å². The van der Waals surface area contributed by atoms with Crippen LogP contribution in [0.25, 0.3) is 0 Å². The molecule has 0 spiro atoms. The average molecular weight is 396 g/mol. The van der Waals surface area contributed by atoms with Gasteiger partial charge in [0.15, 0.2) is 0 Å². The first-order chi connectivity index (χ1) is 13.8. The van der Waals surface area contributed by atoms with E-state index in [2.05, 4.69) is 46.8 Å². The molecule has 4 rings (SSSR count). The van der Waals surface area contributed by atoms with Gasteiger partial charge in [0, 0.05) is 0 Å². The molecule has 0 aromatic heterocycles. The summed E-state index contributed by atoms with van der Waals surface area (Å²) in [5.41, 5.74) is 2.65. The van der Waals surface area contributed by atoms with Crippen molar-refractivity contribution in [1.82, 2.24) is 0 Å². The fourth-order valence-corrected chi connectivity index (χ4v) is 8.80. The molecule has 3 saturated carbocycles. The highest BCUT2D eigenvalue weighted by Gasteiger charge is 2.59. The summed E-state index contributed by atoms with van der Waals surface area (Å²) in [5, 5.41) is 9.45. The van der Waals surface area contributed by atoms with Gasteiger partial charge < -0.3 is 0 Å². The van der Waals surface area contributed by atoms with E-state index in [-0.39, 0.29) is 5.92 Å². The summed E-state index contributed by atoms with van der Waals surface area (Å²) < 4.78 is 0. The first-order valence-corrected chi connectivity index (χ1v) is 12.9. The monoisotopic (exact) mass is 395 g/mol. The molecular formula is C28H45N. The third-order valence-corrected chi connectivity index (χ3v) is 10.5. The minimum atomic E-state index is 0.280. The molecule has 4 aliphatic carbocycles. The summed E-state index contributed by atoms with van der Waals surface area (Å²) in [5.74, 6) is 5.73. The molecule has 0 N–H and O–H groups in total. The van der Waals surface area contributed by atoms with E-state index in [1.54, 1.807) is 5.57 Å². The Morgan fingerprint density at radius 1 is 1.03 bits per heavy atom. The molecule has 4 aliphatic rings. The fraction of sp³-hybridized carbons (Fsp3) is 0.893. The van der Waals surface area contributed by atoms with Crippen LogP contribution in [0.4, 0.5) is 0 Å². The van der Waals surface area contributed by atoms with Crippen LogP contribution in [-0.2, 0) is 0 Å². The van der Waals surface area contributed by atoms with Crippen LogP contribution in [0.3, 0.4) is 0 Å². The van der Waals surface area contributed by atoms with Crippen LogP contribution in [0.15, 0.2) is 11.6 Å². The number of hydrogen-bond acceptors (Lipinski definition) is 1. The van der Waals surface area contributed by atoms with Gasteiger partial charge in [-0.15, -0.1) is 0 Å². The minimum absolute atomic E-state index is 0.280. The van der Waals surface area contributed by atoms with Gasteiger partial charge in [0.25, 0.3) is 0 Å². The summed E-state index contributed by atoms with van der Waals surface area (Å²) >= 11 is 0. The molecule has 0 saturated heterocycles. The number of allylic oxidation sites excluding steroid dienone is 2. The maximum absolute atomic E-state index is 9.45. The Bertz CT molecular complexity index is 668. The third-order valence-electron chi connectivity index (χ3n) is 10.5. The van der Waals surface area contributed by atoms with Crippen molar-refractivity contribution in [3.8, 4) is 6.07 Å². The van der Waals surface area contributed by atoms with Gasteiger partial charge in [-0.25, -0.2) is 0 Å². The van der Waals surface area contributed by atoms with Crippen molar-refractivity contribution in [3.63, 3.8) is 0 Å². The summed E-state index contributed by atoms with van der Waals surface area (Å²) in [6, 6.07) is 2.57. The predicted octanol–water partition coefficient (Wildman–Crippen LogP) is 8.17. The van der Waals surface area contributed by atoms with E-state index in [0.29, 0.717) is 10.8 Å². The third kappa shape index (κ3) is 3.62. The van der Waals surface area contributed by atoms with Crippen molar-refractivity contribution in [1.29, 1.82) is 5.26 Å². The lowest BCUT2D eigenvalue weighted by Gasteiger charge is -2.58. The molecule has 29 heavy (non-hydrogen) atoms. The van der Waals surface area contributed by atoms with Crippen molar-refractivity contribution in [2.45, 2.75) is 105 Å². The second kappa shape index (κ2) is 8.05. The van der Waals surface area contributed by atoms with E-state index < -0.39 is 0 Å². The van der Waals surface area contributed by atoms with Crippen LogP contribution in [0.1, 0.15) is 105 Å². The second-order valence-electron chi connectivity index (χ2n) is 12.4. The first-order valence-electron chi connectivity index (χ1n) is 12.9. The topological polar surface area (TPSA) is 23.8 Å². The van der Waals surface area contributed by atoms with E-state index in [1.807, 2.05) is 0 Å². The van der Waals surface area contributed by atoms with E-state index in [9.17, 15) is 5.26 Å². The molecule has 0 radical (unpaired) electrons. The number of nitrogens with zero attached hydrogens (tertiary/aromatic N) is 1. The van der Waals surface area contributed by atoms with Crippen molar-refractivity contribution in [3.05, 3.63) is 11.6 Å². The van der Waals surface area contributed by atoms with Crippen LogP contribution in [0.2, 0.25) is 0 Å². The molecular weight excluding hydrogens is 350 g/mol. The van der Waals surface area contributed by atoms with Crippen LogP contribution in [-0.4, -0.2) is 0 Å². The lowest BCUT2D eigenvalue weighted by atomic mass is 9.46. The molecule has 1 nitrogen and oxygen atoms in total. The summed E-state index contributed by atoms with van der Waals surface area (Å²) in [7, 11) is 0. The quantitative estimate of drug-likeness (QED) is 0.431. The Kier molecular flexibility index (Phi) is 5.96. The minimum Gasteiger partial charge on any atom is -0.198 e. The highest BCUT2D eigenvalue weighted by molar-refractivity contribution is 5.26. The van der Waals surface area contributed by atoms with Gasteiger partial charge in [0.05, 0.1) is 12.0 Å². The van der Waals surface area contributed by atoms with Crippen molar-refractivity contribution >= 4 is 0 Å². The Hall–Kier alpha value is -0.770. The molecule has 0 amide bonds. The molecule has 1 heteroatoms. The number of fused-ring (bicyclic) bond motifs is 5. The SMILES string of the molecule is CC(C)CCC[C@@H](C)[C@H]1CC[C@H]2[C@@H]3CC=C4CC(C#N)CC[C@]4(C)[C@H]3CC[C@]12C. The predicted molar refractivity (Wildman–Crippen MR) is 122 cm³/mol. The zero-order valence-corrected chi connectivity index (χ0v) is 19.8. The van der Waals surface area contributed by atoms with Gasteiger partial charge in [0.1, 0.15) is 0 Å². The highest BCUT2D eigenvalue weighted by atomic mass is 14.6. The molecule has 3 fully saturated rings. The van der Waals surface area contributed by atoms with Gasteiger partial charge in [0.2, 0.25) is 0 Å². The van der Waals surface area contributed by atoms with Crippen LogP contribution < -0.4 is 0 Å². The lowest BCUT2D eigenvalue weighted by molar-refractivity contribution is -0.0515. The van der Waals surface area contributed by atoms with E-state index in [4.69, 9.17) is 0 Å². The van der Waals surface area contributed by atoms with E-state index in [1.165, 1.54) is 57.8 Å². The standard InChI is InChI=1S/C28H45N/c1-19(2)7-6-8-20(3)24-11-12-25-23-10-9-22-17-21(18-29)13-15-27(22,4)26(23)14-16-28(24,25)5/h9,19-21,23-26H,6-8,10-17H2,1-5H3/t20-,21?,23+,24-,25+,26+,27+,28-/m1/s1. The van der Waals surface area contributed by atoms with E-state index in [0.717, 1.165) is 48.3 Å². The summed E-state index contributed by atoms with van der Waals surface area (Å²) in [4.78, 5) is 0. The van der Waals surface area contributed by atoms with Gasteiger partial charge in [-0.05, 0) is 97.7 Å². The maximum atomic E-state index is 9.45. The smallest absolute Gasteiger partial charge is 0.0659 e. The Morgan fingerprint density at radius 2 is 1.83 bits per heavy atom. The largest absolute Gasteiger partial charge is 0.198 e. The second-order valence-corrected chi connectivity index (χ2v) is 12.4. The van der Waals surface area contributed by atoms with Crippen LogP contribution in [0.5, 0.6) is 0 Å². The molecule has 162 valence electrons. The van der Waals surface area contributed by atoms with Gasteiger partial charge >= 0.3 is 0 Å². The molecule has 0 bridgehead atoms. The normalized spacial score (nSPS) is 45.0. The number of nitriles is 1. The molecule has 0 heterocycles. The van der Waals surface area contributed by atoms with Crippen LogP contribution in [0, 0.1) is 63.6 Å². The molecule has 0 aromatic rings. The molecule has 1 unspecified atom stereocenters. The van der Waals surface area contributed by atoms with Crippen molar-refractivity contribution < 1.29 is 0 Å². The van der Waals surface area contributed by atoms with Gasteiger partial charge in [-0.3, -0.25) is 0 Å². The average Bonchev–Trinajstić information content (AvgIpc) is 3.04. The maximum Gasteiger partial charge on any atom is 0.0659 e.